The van der Waals surface area contributed by atoms with Gasteiger partial charge >= 0.3 is 5.69 Å². The van der Waals surface area contributed by atoms with Gasteiger partial charge in [0.15, 0.2) is 0 Å². The second-order valence-electron chi connectivity index (χ2n) is 2.93. The molecule has 0 saturated carbocycles. The van der Waals surface area contributed by atoms with Crippen LogP contribution in [0.15, 0.2) is 28.2 Å². The van der Waals surface area contributed by atoms with Crippen molar-refractivity contribution in [1.82, 2.24) is 20.2 Å². The third-order valence-corrected chi connectivity index (χ3v) is 1.82. The second kappa shape index (κ2) is 3.85. The minimum absolute atomic E-state index is 0.180. The Labute approximate surface area is 87.7 Å². The number of carbonyl (C=O) groups is 1. The number of hydrogen-bond acceptors (Lipinski definition) is 4. The van der Waals surface area contributed by atoms with E-state index in [1.165, 1.54) is 12.4 Å². The minimum atomic E-state index is -0.746. The van der Waals surface area contributed by atoms with Gasteiger partial charge in [-0.1, -0.05) is 0 Å². The van der Waals surface area contributed by atoms with Crippen molar-refractivity contribution in [1.29, 1.82) is 0 Å². The fraction of sp³-hybridized carbons (Fsp3) is 0. The number of anilines is 1. The molecule has 4 N–H and O–H groups in total. The Kier molecular flexibility index (Phi) is 2.38. The molecule has 16 heavy (non-hydrogen) atoms. The van der Waals surface area contributed by atoms with Crippen molar-refractivity contribution < 1.29 is 4.79 Å². The maximum absolute atomic E-state index is 11.5. The second-order valence-corrected chi connectivity index (χ2v) is 2.93. The van der Waals surface area contributed by atoms with Crippen LogP contribution in [0.3, 0.4) is 0 Å². The van der Waals surface area contributed by atoms with E-state index in [4.69, 9.17) is 0 Å². The molecule has 2 rings (SSSR count). The fourth-order valence-corrected chi connectivity index (χ4v) is 1.10. The third kappa shape index (κ3) is 1.90. The van der Waals surface area contributed by atoms with Crippen LogP contribution >= 0.6 is 0 Å². The number of aromatic nitrogens is 4. The van der Waals surface area contributed by atoms with Gasteiger partial charge in [-0.3, -0.25) is 19.7 Å². The Bertz CT molecular complexity index is 609. The lowest BCUT2D eigenvalue weighted by Gasteiger charge is -1.99. The maximum Gasteiger partial charge on any atom is 0.325 e. The van der Waals surface area contributed by atoms with E-state index in [0.29, 0.717) is 5.69 Å². The summed E-state index contributed by atoms with van der Waals surface area (Å²) in [5, 5.41) is 8.55. The highest BCUT2D eigenvalue weighted by Crippen LogP contribution is 2.02. The lowest BCUT2D eigenvalue weighted by Crippen LogP contribution is -2.29. The minimum Gasteiger partial charge on any atom is -0.319 e. The van der Waals surface area contributed by atoms with Crippen LogP contribution in [0.25, 0.3) is 0 Å². The molecule has 0 aliphatic carbocycles. The van der Waals surface area contributed by atoms with Gasteiger partial charge in [-0.15, -0.1) is 0 Å². The van der Waals surface area contributed by atoms with Gasteiger partial charge in [-0.05, 0) is 0 Å². The van der Waals surface area contributed by atoms with Crippen molar-refractivity contribution in [2.45, 2.75) is 0 Å². The molecule has 0 atom stereocenters. The lowest BCUT2D eigenvalue weighted by molar-refractivity contribution is 0.102. The van der Waals surface area contributed by atoms with Crippen molar-refractivity contribution in [3.63, 3.8) is 0 Å². The highest BCUT2D eigenvalue weighted by atomic mass is 16.2. The van der Waals surface area contributed by atoms with E-state index < -0.39 is 17.2 Å². The highest BCUT2D eigenvalue weighted by Gasteiger charge is 2.11. The molecule has 2 aromatic rings. The van der Waals surface area contributed by atoms with Crippen molar-refractivity contribution >= 4 is 11.6 Å². The quantitative estimate of drug-likeness (QED) is 0.521. The molecular formula is C8H7N5O3. The van der Waals surface area contributed by atoms with Gasteiger partial charge in [-0.25, -0.2) is 4.79 Å². The van der Waals surface area contributed by atoms with Gasteiger partial charge in [-0.2, -0.15) is 5.10 Å². The first-order valence-electron chi connectivity index (χ1n) is 4.29. The molecule has 0 bridgehead atoms. The molecule has 2 aromatic heterocycles. The summed E-state index contributed by atoms with van der Waals surface area (Å²) in [6, 6.07) is 0. The van der Waals surface area contributed by atoms with E-state index in [-0.39, 0.29) is 5.56 Å². The van der Waals surface area contributed by atoms with Crippen LogP contribution in [0, 0.1) is 0 Å². The molecule has 0 spiro atoms. The van der Waals surface area contributed by atoms with E-state index in [2.05, 4.69) is 20.5 Å². The summed E-state index contributed by atoms with van der Waals surface area (Å²) in [4.78, 5) is 37.7. The van der Waals surface area contributed by atoms with Crippen LogP contribution in [-0.2, 0) is 0 Å². The molecule has 1 amide bonds. The predicted octanol–water partition coefficient (Wildman–Crippen LogP) is -0.961. The molecule has 0 fully saturated rings. The first-order valence-corrected chi connectivity index (χ1v) is 4.29. The Morgan fingerprint density at radius 1 is 1.31 bits per heavy atom. The van der Waals surface area contributed by atoms with Crippen LogP contribution < -0.4 is 16.6 Å². The first kappa shape index (κ1) is 9.90. The molecule has 8 nitrogen and oxygen atoms in total. The van der Waals surface area contributed by atoms with Gasteiger partial charge in [0.2, 0.25) is 0 Å². The number of nitrogens with one attached hydrogen (secondary N) is 4. The topological polar surface area (TPSA) is 123 Å². The van der Waals surface area contributed by atoms with E-state index in [1.807, 2.05) is 4.98 Å². The molecule has 2 heterocycles. The number of aromatic amines is 3. The number of carbonyl (C=O) groups excluding carboxylic acids is 1. The standard InChI is InChI=1S/C8H7N5O3/c14-6(12-4-1-10-11-2-4)5-3-9-8(16)13-7(5)15/h1-3H,(H,10,11)(H,12,14)(H2,9,13,15,16). The van der Waals surface area contributed by atoms with Gasteiger partial charge in [0, 0.05) is 12.4 Å². The van der Waals surface area contributed by atoms with Crippen LogP contribution in [0.5, 0.6) is 0 Å². The van der Waals surface area contributed by atoms with Crippen molar-refractivity contribution in [3.05, 3.63) is 45.0 Å². The van der Waals surface area contributed by atoms with Crippen molar-refractivity contribution in [3.8, 4) is 0 Å². The summed E-state index contributed by atoms with van der Waals surface area (Å²) in [5.41, 5.74) is -1.16. The summed E-state index contributed by atoms with van der Waals surface area (Å²) in [6.07, 6.45) is 3.89. The largest absolute Gasteiger partial charge is 0.325 e. The zero-order chi connectivity index (χ0) is 11.5. The molecule has 0 aliphatic rings. The number of rotatable bonds is 2. The van der Waals surface area contributed by atoms with Crippen LogP contribution in [-0.4, -0.2) is 26.1 Å². The smallest absolute Gasteiger partial charge is 0.319 e. The summed E-state index contributed by atoms with van der Waals surface area (Å²) in [7, 11) is 0. The number of H-pyrrole nitrogens is 3. The first-order chi connectivity index (χ1) is 7.66. The SMILES string of the molecule is O=C(Nc1cn[nH]c1)c1c[nH]c(=O)[nH]c1=O. The van der Waals surface area contributed by atoms with Gasteiger partial charge in [0.25, 0.3) is 11.5 Å². The van der Waals surface area contributed by atoms with Crippen LogP contribution in [0.1, 0.15) is 10.4 Å². The van der Waals surface area contributed by atoms with Crippen LogP contribution in [0.4, 0.5) is 5.69 Å². The normalized spacial score (nSPS) is 10.0. The summed E-state index contributed by atoms with van der Waals surface area (Å²) in [5.74, 6) is -0.626. The average Bonchev–Trinajstić information content (AvgIpc) is 2.70. The Hall–Kier alpha value is -2.64. The fourth-order valence-electron chi connectivity index (χ4n) is 1.10. The molecule has 0 radical (unpaired) electrons. The van der Waals surface area contributed by atoms with E-state index in [1.54, 1.807) is 0 Å². The van der Waals surface area contributed by atoms with E-state index in [0.717, 1.165) is 6.20 Å². The number of hydrogen-bond donors (Lipinski definition) is 4. The van der Waals surface area contributed by atoms with Crippen molar-refractivity contribution in [2.75, 3.05) is 5.32 Å². The Balaban J connectivity index is 2.28. The summed E-state index contributed by atoms with van der Waals surface area (Å²) in [6.45, 7) is 0. The molecule has 0 saturated heterocycles. The zero-order valence-corrected chi connectivity index (χ0v) is 7.90. The number of nitrogens with zero attached hydrogens (tertiary/aromatic N) is 1. The van der Waals surface area contributed by atoms with Crippen LogP contribution in [0.2, 0.25) is 0 Å². The monoisotopic (exact) mass is 221 g/mol. The molecular weight excluding hydrogens is 214 g/mol. The van der Waals surface area contributed by atoms with Gasteiger partial charge < -0.3 is 10.3 Å². The molecule has 0 aliphatic heterocycles. The summed E-state index contributed by atoms with van der Waals surface area (Å²) >= 11 is 0. The predicted molar refractivity (Wildman–Crippen MR) is 54.2 cm³/mol. The molecule has 0 aromatic carbocycles. The highest BCUT2D eigenvalue weighted by molar-refractivity contribution is 6.03. The molecule has 82 valence electrons. The molecule has 8 heteroatoms. The third-order valence-electron chi connectivity index (χ3n) is 1.82. The maximum atomic E-state index is 11.5. The van der Waals surface area contributed by atoms with Gasteiger partial charge in [0.05, 0.1) is 11.9 Å². The van der Waals surface area contributed by atoms with Crippen molar-refractivity contribution in [2.24, 2.45) is 0 Å². The molecule has 0 unspecified atom stereocenters. The number of amides is 1. The van der Waals surface area contributed by atoms with E-state index in [9.17, 15) is 14.4 Å². The average molecular weight is 221 g/mol. The summed E-state index contributed by atoms with van der Waals surface area (Å²) < 4.78 is 0. The van der Waals surface area contributed by atoms with Gasteiger partial charge in [0.1, 0.15) is 5.56 Å². The Morgan fingerprint density at radius 2 is 2.12 bits per heavy atom. The Morgan fingerprint density at radius 3 is 2.75 bits per heavy atom. The zero-order valence-electron chi connectivity index (χ0n) is 7.90. The van der Waals surface area contributed by atoms with E-state index >= 15 is 0 Å². The lowest BCUT2D eigenvalue weighted by atomic mass is 10.3.